The SMILES string of the molecule is CCOC(=O)C(C)(C)NC(=O)Nc1ccc(F)c(C(F)(F)F)c1. The molecule has 0 bridgehead atoms. The predicted octanol–water partition coefficient (Wildman–Crippen LogP) is 3.31. The molecule has 23 heavy (non-hydrogen) atoms. The van der Waals surface area contributed by atoms with Crippen LogP contribution >= 0.6 is 0 Å². The normalized spacial score (nSPS) is 11.8. The monoisotopic (exact) mass is 336 g/mol. The van der Waals surface area contributed by atoms with Gasteiger partial charge >= 0.3 is 18.2 Å². The van der Waals surface area contributed by atoms with Crippen molar-refractivity contribution in [2.75, 3.05) is 11.9 Å². The fraction of sp³-hybridized carbons (Fsp3) is 0.429. The standard InChI is InChI=1S/C14H16F4N2O3/c1-4-23-11(21)13(2,3)20-12(22)19-8-5-6-10(15)9(7-8)14(16,17)18/h5-7H,4H2,1-3H3,(H2,19,20,22). The van der Waals surface area contributed by atoms with Crippen molar-refractivity contribution >= 4 is 17.7 Å². The van der Waals surface area contributed by atoms with Crippen molar-refractivity contribution in [3.8, 4) is 0 Å². The lowest BCUT2D eigenvalue weighted by Gasteiger charge is -2.24. The van der Waals surface area contributed by atoms with Crippen LogP contribution in [-0.2, 0) is 15.7 Å². The van der Waals surface area contributed by atoms with E-state index in [-0.39, 0.29) is 12.3 Å². The first-order valence-corrected chi connectivity index (χ1v) is 6.60. The maximum Gasteiger partial charge on any atom is 0.419 e. The van der Waals surface area contributed by atoms with Gasteiger partial charge in [0, 0.05) is 5.69 Å². The Balaban J connectivity index is 2.84. The van der Waals surface area contributed by atoms with E-state index in [9.17, 15) is 27.2 Å². The van der Waals surface area contributed by atoms with Gasteiger partial charge in [0.15, 0.2) is 0 Å². The van der Waals surface area contributed by atoms with E-state index in [1.165, 1.54) is 13.8 Å². The minimum atomic E-state index is -4.89. The summed E-state index contributed by atoms with van der Waals surface area (Å²) in [7, 11) is 0. The molecule has 2 amide bonds. The van der Waals surface area contributed by atoms with Crippen molar-refractivity contribution in [3.63, 3.8) is 0 Å². The highest BCUT2D eigenvalue weighted by molar-refractivity contribution is 5.94. The molecule has 0 unspecified atom stereocenters. The average Bonchev–Trinajstić information content (AvgIpc) is 2.39. The molecule has 0 fully saturated rings. The Bertz CT molecular complexity index is 600. The maximum atomic E-state index is 13.2. The van der Waals surface area contributed by atoms with Crippen molar-refractivity contribution in [3.05, 3.63) is 29.6 Å². The van der Waals surface area contributed by atoms with Gasteiger partial charge in [-0.25, -0.2) is 14.0 Å². The third-order valence-electron chi connectivity index (χ3n) is 2.74. The molecule has 128 valence electrons. The Labute approximate surface area is 130 Å². The Morgan fingerprint density at radius 2 is 1.83 bits per heavy atom. The Kier molecular flexibility index (Phi) is 5.57. The largest absolute Gasteiger partial charge is 0.464 e. The lowest BCUT2D eigenvalue weighted by molar-refractivity contribution is -0.149. The summed E-state index contributed by atoms with van der Waals surface area (Å²) < 4.78 is 55.7. The minimum Gasteiger partial charge on any atom is -0.464 e. The van der Waals surface area contributed by atoms with Gasteiger partial charge in [-0.2, -0.15) is 13.2 Å². The number of hydrogen-bond acceptors (Lipinski definition) is 3. The Hall–Kier alpha value is -2.32. The fourth-order valence-electron chi connectivity index (χ4n) is 1.63. The van der Waals surface area contributed by atoms with Crippen molar-refractivity contribution in [1.82, 2.24) is 5.32 Å². The molecule has 0 atom stereocenters. The molecule has 0 spiro atoms. The van der Waals surface area contributed by atoms with E-state index in [1.54, 1.807) is 6.92 Å². The van der Waals surface area contributed by atoms with Gasteiger partial charge in [0.05, 0.1) is 12.2 Å². The topological polar surface area (TPSA) is 67.4 Å². The van der Waals surface area contributed by atoms with E-state index in [4.69, 9.17) is 4.74 Å². The fourth-order valence-corrected chi connectivity index (χ4v) is 1.63. The van der Waals surface area contributed by atoms with Crippen LogP contribution in [-0.4, -0.2) is 24.1 Å². The maximum absolute atomic E-state index is 13.2. The molecule has 0 aliphatic rings. The minimum absolute atomic E-state index is 0.110. The van der Waals surface area contributed by atoms with Crippen LogP contribution in [0.1, 0.15) is 26.3 Å². The molecule has 0 heterocycles. The molecule has 1 rings (SSSR count). The summed E-state index contributed by atoms with van der Waals surface area (Å²) in [6.07, 6.45) is -4.89. The highest BCUT2D eigenvalue weighted by Crippen LogP contribution is 2.32. The third-order valence-corrected chi connectivity index (χ3v) is 2.74. The Morgan fingerprint density at radius 3 is 2.35 bits per heavy atom. The molecule has 2 N–H and O–H groups in total. The number of carbonyl (C=O) groups excluding carboxylic acids is 2. The molecule has 1 aromatic carbocycles. The number of ether oxygens (including phenoxy) is 1. The first-order valence-electron chi connectivity index (χ1n) is 6.60. The summed E-state index contributed by atoms with van der Waals surface area (Å²) in [5.41, 5.74) is -3.15. The second kappa shape index (κ2) is 6.84. The molecule has 0 saturated carbocycles. The lowest BCUT2D eigenvalue weighted by atomic mass is 10.1. The van der Waals surface area contributed by atoms with Gasteiger partial charge in [-0.1, -0.05) is 0 Å². The summed E-state index contributed by atoms with van der Waals surface area (Å²) in [5, 5.41) is 4.37. The molecule has 9 heteroatoms. The molecular formula is C14H16F4N2O3. The average molecular weight is 336 g/mol. The van der Waals surface area contributed by atoms with Gasteiger partial charge in [-0.05, 0) is 39.0 Å². The molecule has 0 aromatic heterocycles. The predicted molar refractivity (Wildman–Crippen MR) is 74.3 cm³/mol. The first-order chi connectivity index (χ1) is 10.5. The van der Waals surface area contributed by atoms with Crippen LogP contribution in [0, 0.1) is 5.82 Å². The number of amides is 2. The van der Waals surface area contributed by atoms with Crippen LogP contribution in [0.25, 0.3) is 0 Å². The Morgan fingerprint density at radius 1 is 1.22 bits per heavy atom. The number of urea groups is 1. The van der Waals surface area contributed by atoms with Crippen LogP contribution in [0.3, 0.4) is 0 Å². The van der Waals surface area contributed by atoms with Gasteiger partial charge in [0.2, 0.25) is 0 Å². The van der Waals surface area contributed by atoms with Gasteiger partial charge in [0.1, 0.15) is 11.4 Å². The quantitative estimate of drug-likeness (QED) is 0.655. The molecule has 0 saturated heterocycles. The van der Waals surface area contributed by atoms with Crippen molar-refractivity contribution in [2.24, 2.45) is 0 Å². The number of halogens is 4. The van der Waals surface area contributed by atoms with Crippen LogP contribution in [0.5, 0.6) is 0 Å². The third kappa shape index (κ3) is 5.11. The second-order valence-corrected chi connectivity index (χ2v) is 5.12. The van der Waals surface area contributed by atoms with E-state index in [0.29, 0.717) is 12.1 Å². The number of carbonyl (C=O) groups is 2. The molecule has 0 aliphatic carbocycles. The van der Waals surface area contributed by atoms with E-state index < -0.39 is 35.1 Å². The summed E-state index contributed by atoms with van der Waals surface area (Å²) in [5.74, 6) is -2.15. The smallest absolute Gasteiger partial charge is 0.419 e. The zero-order valence-corrected chi connectivity index (χ0v) is 12.7. The number of rotatable bonds is 4. The molecule has 5 nitrogen and oxygen atoms in total. The summed E-state index contributed by atoms with van der Waals surface area (Å²) in [6.45, 7) is 4.44. The van der Waals surface area contributed by atoms with E-state index >= 15 is 0 Å². The van der Waals surface area contributed by atoms with Gasteiger partial charge in [0.25, 0.3) is 0 Å². The highest BCUT2D eigenvalue weighted by Gasteiger charge is 2.35. The number of nitrogens with one attached hydrogen (secondary N) is 2. The summed E-state index contributed by atoms with van der Waals surface area (Å²) in [4.78, 5) is 23.4. The number of esters is 1. The van der Waals surface area contributed by atoms with Crippen LogP contribution in [0.15, 0.2) is 18.2 Å². The first kappa shape index (κ1) is 18.7. The summed E-state index contributed by atoms with van der Waals surface area (Å²) in [6, 6.07) is 1.10. The zero-order valence-electron chi connectivity index (χ0n) is 12.7. The second-order valence-electron chi connectivity index (χ2n) is 5.12. The number of alkyl halides is 3. The van der Waals surface area contributed by atoms with Crippen LogP contribution in [0.2, 0.25) is 0 Å². The number of benzene rings is 1. The molecule has 0 radical (unpaired) electrons. The number of hydrogen-bond donors (Lipinski definition) is 2. The van der Waals surface area contributed by atoms with Crippen LogP contribution in [0.4, 0.5) is 28.0 Å². The van der Waals surface area contributed by atoms with Gasteiger partial charge in [-0.15, -0.1) is 0 Å². The van der Waals surface area contributed by atoms with Crippen molar-refractivity contribution in [2.45, 2.75) is 32.5 Å². The lowest BCUT2D eigenvalue weighted by Crippen LogP contribution is -2.52. The van der Waals surface area contributed by atoms with Gasteiger partial charge < -0.3 is 15.4 Å². The van der Waals surface area contributed by atoms with Crippen molar-refractivity contribution in [1.29, 1.82) is 0 Å². The molecular weight excluding hydrogens is 320 g/mol. The van der Waals surface area contributed by atoms with E-state index in [1.807, 2.05) is 0 Å². The van der Waals surface area contributed by atoms with E-state index in [2.05, 4.69) is 10.6 Å². The molecule has 0 aliphatic heterocycles. The van der Waals surface area contributed by atoms with Crippen molar-refractivity contribution < 1.29 is 31.9 Å². The van der Waals surface area contributed by atoms with E-state index in [0.717, 1.165) is 6.07 Å². The number of anilines is 1. The zero-order chi connectivity index (χ0) is 17.8. The summed E-state index contributed by atoms with van der Waals surface area (Å²) >= 11 is 0. The van der Waals surface area contributed by atoms with Gasteiger partial charge in [-0.3, -0.25) is 0 Å². The van der Waals surface area contributed by atoms with Crippen LogP contribution < -0.4 is 10.6 Å². The highest BCUT2D eigenvalue weighted by atomic mass is 19.4. The molecule has 1 aromatic rings.